The van der Waals surface area contributed by atoms with Gasteiger partial charge in [-0.25, -0.2) is 0 Å². The van der Waals surface area contributed by atoms with Crippen molar-refractivity contribution in [2.24, 2.45) is 0 Å². The SMILES string of the molecule is Cc1nn(Cc2ccccc2)c(C)c1C(=O)Nc1cnc2ccccc2c1. The molecule has 0 saturated heterocycles. The zero-order valence-electron chi connectivity index (χ0n) is 15.3. The lowest BCUT2D eigenvalue weighted by Crippen LogP contribution is -2.14. The van der Waals surface area contributed by atoms with Gasteiger partial charge in [0.1, 0.15) is 0 Å². The van der Waals surface area contributed by atoms with Gasteiger partial charge in [0.15, 0.2) is 0 Å². The van der Waals surface area contributed by atoms with Crippen molar-refractivity contribution in [3.63, 3.8) is 0 Å². The van der Waals surface area contributed by atoms with Crippen LogP contribution in [0, 0.1) is 13.8 Å². The molecule has 4 rings (SSSR count). The normalized spacial score (nSPS) is 10.9. The summed E-state index contributed by atoms with van der Waals surface area (Å²) in [7, 11) is 0. The molecule has 0 spiro atoms. The minimum atomic E-state index is -0.165. The first-order chi connectivity index (χ1) is 13.1. The van der Waals surface area contributed by atoms with E-state index in [2.05, 4.69) is 27.5 Å². The van der Waals surface area contributed by atoms with Gasteiger partial charge < -0.3 is 5.32 Å². The Hall–Kier alpha value is -3.47. The number of aromatic nitrogens is 3. The molecule has 5 heteroatoms. The highest BCUT2D eigenvalue weighted by Crippen LogP contribution is 2.19. The number of fused-ring (bicyclic) bond motifs is 1. The minimum absolute atomic E-state index is 0.165. The summed E-state index contributed by atoms with van der Waals surface area (Å²) in [6, 6.07) is 19.9. The molecule has 0 aliphatic rings. The average Bonchev–Trinajstić information content (AvgIpc) is 2.95. The summed E-state index contributed by atoms with van der Waals surface area (Å²) < 4.78 is 1.87. The maximum Gasteiger partial charge on any atom is 0.259 e. The number of benzene rings is 2. The molecule has 2 aromatic heterocycles. The van der Waals surface area contributed by atoms with E-state index >= 15 is 0 Å². The first-order valence-electron chi connectivity index (χ1n) is 8.86. The van der Waals surface area contributed by atoms with E-state index in [1.807, 2.05) is 67.1 Å². The first kappa shape index (κ1) is 17.0. The summed E-state index contributed by atoms with van der Waals surface area (Å²) >= 11 is 0. The van der Waals surface area contributed by atoms with E-state index < -0.39 is 0 Å². The maximum atomic E-state index is 12.9. The number of aryl methyl sites for hydroxylation is 1. The molecule has 4 aromatic rings. The predicted molar refractivity (Wildman–Crippen MR) is 107 cm³/mol. The Labute approximate surface area is 157 Å². The van der Waals surface area contributed by atoms with Crippen molar-refractivity contribution in [2.45, 2.75) is 20.4 Å². The number of nitrogens with zero attached hydrogens (tertiary/aromatic N) is 3. The van der Waals surface area contributed by atoms with Crippen molar-refractivity contribution in [3.8, 4) is 0 Å². The van der Waals surface area contributed by atoms with Crippen molar-refractivity contribution in [2.75, 3.05) is 5.32 Å². The Bertz CT molecular complexity index is 1120. The molecule has 2 aromatic carbocycles. The van der Waals surface area contributed by atoms with Crippen LogP contribution in [0.1, 0.15) is 27.3 Å². The van der Waals surface area contributed by atoms with Crippen LogP contribution in [0.4, 0.5) is 5.69 Å². The van der Waals surface area contributed by atoms with Gasteiger partial charge in [0.2, 0.25) is 0 Å². The van der Waals surface area contributed by atoms with Gasteiger partial charge in [0.05, 0.1) is 35.2 Å². The highest BCUT2D eigenvalue weighted by atomic mass is 16.1. The number of nitrogens with one attached hydrogen (secondary N) is 1. The molecule has 0 atom stereocenters. The summed E-state index contributed by atoms with van der Waals surface area (Å²) in [5, 5.41) is 8.50. The van der Waals surface area contributed by atoms with Crippen LogP contribution in [0.2, 0.25) is 0 Å². The fourth-order valence-corrected chi connectivity index (χ4v) is 3.27. The van der Waals surface area contributed by atoms with Crippen LogP contribution < -0.4 is 5.32 Å². The Balaban J connectivity index is 1.59. The predicted octanol–water partition coefficient (Wildman–Crippen LogP) is 4.35. The second kappa shape index (κ2) is 7.03. The van der Waals surface area contributed by atoms with E-state index in [1.54, 1.807) is 6.20 Å². The number of carbonyl (C=O) groups is 1. The van der Waals surface area contributed by atoms with Crippen LogP contribution in [-0.2, 0) is 6.54 Å². The highest BCUT2D eigenvalue weighted by Gasteiger charge is 2.19. The second-order valence-corrected chi connectivity index (χ2v) is 6.56. The van der Waals surface area contributed by atoms with Crippen molar-refractivity contribution in [3.05, 3.63) is 89.4 Å². The quantitative estimate of drug-likeness (QED) is 0.591. The Morgan fingerprint density at radius 1 is 1.04 bits per heavy atom. The monoisotopic (exact) mass is 356 g/mol. The number of rotatable bonds is 4. The Morgan fingerprint density at radius 3 is 2.59 bits per heavy atom. The van der Waals surface area contributed by atoms with Crippen LogP contribution in [0.15, 0.2) is 66.9 Å². The molecule has 2 heterocycles. The molecule has 5 nitrogen and oxygen atoms in total. The van der Waals surface area contributed by atoms with Crippen molar-refractivity contribution in [1.29, 1.82) is 0 Å². The number of amides is 1. The molecule has 1 amide bonds. The third kappa shape index (κ3) is 3.44. The van der Waals surface area contributed by atoms with Crippen molar-refractivity contribution >= 4 is 22.5 Å². The van der Waals surface area contributed by atoms with Gasteiger partial charge in [-0.2, -0.15) is 5.10 Å². The number of pyridine rings is 1. The van der Waals surface area contributed by atoms with Crippen LogP contribution in [0.25, 0.3) is 10.9 Å². The van der Waals surface area contributed by atoms with Crippen LogP contribution in [0.3, 0.4) is 0 Å². The zero-order chi connectivity index (χ0) is 18.8. The molecular weight excluding hydrogens is 336 g/mol. The molecule has 27 heavy (non-hydrogen) atoms. The number of hydrogen-bond donors (Lipinski definition) is 1. The van der Waals surface area contributed by atoms with Gasteiger partial charge in [-0.05, 0) is 31.5 Å². The molecule has 0 aliphatic heterocycles. The van der Waals surface area contributed by atoms with Crippen molar-refractivity contribution in [1.82, 2.24) is 14.8 Å². The van der Waals surface area contributed by atoms with E-state index in [-0.39, 0.29) is 5.91 Å². The summed E-state index contributed by atoms with van der Waals surface area (Å²) in [6.07, 6.45) is 1.68. The third-order valence-corrected chi connectivity index (χ3v) is 4.63. The number of anilines is 1. The van der Waals surface area contributed by atoms with Gasteiger partial charge in [-0.1, -0.05) is 48.5 Å². The minimum Gasteiger partial charge on any atom is -0.320 e. The largest absolute Gasteiger partial charge is 0.320 e. The molecular formula is C22H20N4O. The van der Waals surface area contributed by atoms with E-state index in [0.717, 1.165) is 27.9 Å². The molecule has 0 radical (unpaired) electrons. The molecule has 0 fully saturated rings. The van der Waals surface area contributed by atoms with Gasteiger partial charge in [-0.3, -0.25) is 14.5 Å². The molecule has 0 unspecified atom stereocenters. The molecule has 0 saturated carbocycles. The molecule has 134 valence electrons. The van der Waals surface area contributed by atoms with Gasteiger partial charge in [0, 0.05) is 11.1 Å². The molecule has 0 bridgehead atoms. The lowest BCUT2D eigenvalue weighted by atomic mass is 10.1. The van der Waals surface area contributed by atoms with E-state index in [0.29, 0.717) is 17.8 Å². The third-order valence-electron chi connectivity index (χ3n) is 4.63. The summed E-state index contributed by atoms with van der Waals surface area (Å²) in [6.45, 7) is 4.43. The first-order valence-corrected chi connectivity index (χ1v) is 8.86. The number of para-hydroxylation sites is 1. The van der Waals surface area contributed by atoms with E-state index in [9.17, 15) is 4.79 Å². The van der Waals surface area contributed by atoms with Crippen LogP contribution in [-0.4, -0.2) is 20.7 Å². The molecule has 0 aliphatic carbocycles. The average molecular weight is 356 g/mol. The van der Waals surface area contributed by atoms with Crippen LogP contribution >= 0.6 is 0 Å². The number of carbonyl (C=O) groups excluding carboxylic acids is 1. The van der Waals surface area contributed by atoms with Gasteiger partial charge >= 0.3 is 0 Å². The second-order valence-electron chi connectivity index (χ2n) is 6.56. The van der Waals surface area contributed by atoms with Crippen LogP contribution in [0.5, 0.6) is 0 Å². The standard InChI is InChI=1S/C22H20N4O/c1-15-21(16(2)26(25-15)14-17-8-4-3-5-9-17)22(27)24-19-12-18-10-6-7-11-20(18)23-13-19/h3-13H,14H2,1-2H3,(H,24,27). The topological polar surface area (TPSA) is 59.8 Å². The van der Waals surface area contributed by atoms with Crippen molar-refractivity contribution < 1.29 is 4.79 Å². The highest BCUT2D eigenvalue weighted by molar-refractivity contribution is 6.06. The molecule has 1 N–H and O–H groups in total. The zero-order valence-corrected chi connectivity index (χ0v) is 15.3. The fourth-order valence-electron chi connectivity index (χ4n) is 3.27. The lowest BCUT2D eigenvalue weighted by Gasteiger charge is -2.08. The maximum absolute atomic E-state index is 12.9. The smallest absolute Gasteiger partial charge is 0.259 e. The van der Waals surface area contributed by atoms with Gasteiger partial charge in [0.25, 0.3) is 5.91 Å². The van der Waals surface area contributed by atoms with E-state index in [1.165, 1.54) is 0 Å². The van der Waals surface area contributed by atoms with Gasteiger partial charge in [-0.15, -0.1) is 0 Å². The summed E-state index contributed by atoms with van der Waals surface area (Å²) in [4.78, 5) is 17.3. The number of hydrogen-bond acceptors (Lipinski definition) is 3. The Morgan fingerprint density at radius 2 is 1.78 bits per heavy atom. The lowest BCUT2D eigenvalue weighted by molar-refractivity contribution is 0.102. The summed E-state index contributed by atoms with van der Waals surface area (Å²) in [5.74, 6) is -0.165. The van der Waals surface area contributed by atoms with E-state index in [4.69, 9.17) is 0 Å². The Kier molecular flexibility index (Phi) is 4.42. The fraction of sp³-hybridized carbons (Fsp3) is 0.136. The summed E-state index contributed by atoms with van der Waals surface area (Å²) in [5.41, 5.74) is 4.90.